The molecule has 186 valence electrons. The number of hydrogen-bond acceptors (Lipinski definition) is 5. The molecule has 2 unspecified atom stereocenters. The van der Waals surface area contributed by atoms with Crippen LogP contribution in [0.2, 0.25) is 0 Å². The van der Waals surface area contributed by atoms with E-state index in [1.165, 1.54) is 58.1 Å². The maximum atomic E-state index is 4.73. The number of benzene rings is 2. The number of hydrogen-bond donors (Lipinski definition) is 1. The zero-order chi connectivity index (χ0) is 24.5. The van der Waals surface area contributed by atoms with Crippen LogP contribution >= 0.6 is 11.8 Å². The van der Waals surface area contributed by atoms with Gasteiger partial charge in [0.15, 0.2) is 0 Å². The second-order valence-corrected chi connectivity index (χ2v) is 11.1. The number of anilines is 2. The number of para-hydroxylation sites is 1. The third kappa shape index (κ3) is 4.41. The predicted octanol–water partition coefficient (Wildman–Crippen LogP) is 6.26. The van der Waals surface area contributed by atoms with Crippen molar-refractivity contribution < 1.29 is 0 Å². The number of aromatic nitrogens is 1. The van der Waals surface area contributed by atoms with Crippen LogP contribution in [0.5, 0.6) is 0 Å². The van der Waals surface area contributed by atoms with Crippen molar-refractivity contribution in [1.29, 1.82) is 0 Å². The van der Waals surface area contributed by atoms with Crippen LogP contribution in [0.25, 0.3) is 0 Å². The minimum atomic E-state index is 0.506. The summed E-state index contributed by atoms with van der Waals surface area (Å²) >= 11 is 1.89. The molecule has 2 bridgehead atoms. The first-order valence-electron chi connectivity index (χ1n) is 13.4. The SMILES string of the molecule is CCN=C(NCC)c1ccc2c(c1)Sc1ccccc1N2C1CC2CCC(C1)N2Cc1ccccn1. The molecule has 3 aliphatic rings. The molecule has 0 aliphatic carbocycles. The lowest BCUT2D eigenvalue weighted by molar-refractivity contribution is 0.118. The van der Waals surface area contributed by atoms with Gasteiger partial charge in [0.2, 0.25) is 0 Å². The molecule has 2 fully saturated rings. The summed E-state index contributed by atoms with van der Waals surface area (Å²) in [6.45, 7) is 6.85. The van der Waals surface area contributed by atoms with E-state index >= 15 is 0 Å². The molecule has 1 aromatic heterocycles. The third-order valence-corrected chi connectivity index (χ3v) is 8.91. The zero-order valence-electron chi connectivity index (χ0n) is 21.2. The summed E-state index contributed by atoms with van der Waals surface area (Å²) in [4.78, 5) is 17.4. The molecule has 2 atom stereocenters. The van der Waals surface area contributed by atoms with Crippen molar-refractivity contribution in [2.75, 3.05) is 18.0 Å². The van der Waals surface area contributed by atoms with Gasteiger partial charge >= 0.3 is 0 Å². The Morgan fingerprint density at radius 2 is 1.72 bits per heavy atom. The molecule has 4 heterocycles. The quantitative estimate of drug-likeness (QED) is 0.322. The average molecular weight is 498 g/mol. The molecule has 0 radical (unpaired) electrons. The minimum absolute atomic E-state index is 0.506. The molecule has 2 saturated heterocycles. The molecule has 3 aliphatic heterocycles. The highest BCUT2D eigenvalue weighted by Gasteiger charge is 2.44. The highest BCUT2D eigenvalue weighted by Crippen LogP contribution is 2.52. The predicted molar refractivity (Wildman–Crippen MR) is 150 cm³/mol. The largest absolute Gasteiger partial charge is 0.370 e. The van der Waals surface area contributed by atoms with Gasteiger partial charge in [-0.1, -0.05) is 30.0 Å². The Balaban J connectivity index is 1.31. The Morgan fingerprint density at radius 1 is 0.944 bits per heavy atom. The molecule has 1 N–H and O–H groups in total. The summed E-state index contributed by atoms with van der Waals surface area (Å²) in [7, 11) is 0. The van der Waals surface area contributed by atoms with E-state index in [1.807, 2.05) is 24.0 Å². The lowest BCUT2D eigenvalue weighted by Gasteiger charge is -2.46. The first-order chi connectivity index (χ1) is 17.7. The van der Waals surface area contributed by atoms with Crippen LogP contribution in [0.4, 0.5) is 11.4 Å². The van der Waals surface area contributed by atoms with Gasteiger partial charge in [0, 0.05) is 59.3 Å². The Hall–Kier alpha value is -2.83. The van der Waals surface area contributed by atoms with Gasteiger partial charge in [0.25, 0.3) is 0 Å². The Labute approximate surface area is 219 Å². The minimum Gasteiger partial charge on any atom is -0.370 e. The second kappa shape index (κ2) is 10.3. The van der Waals surface area contributed by atoms with E-state index in [-0.39, 0.29) is 0 Å². The summed E-state index contributed by atoms with van der Waals surface area (Å²) in [5.41, 5.74) is 5.07. The van der Waals surface area contributed by atoms with E-state index in [0.717, 1.165) is 25.5 Å². The molecule has 0 amide bonds. The Morgan fingerprint density at radius 3 is 2.47 bits per heavy atom. The number of pyridine rings is 1. The van der Waals surface area contributed by atoms with Gasteiger partial charge in [-0.2, -0.15) is 0 Å². The van der Waals surface area contributed by atoms with E-state index in [0.29, 0.717) is 18.1 Å². The summed E-state index contributed by atoms with van der Waals surface area (Å²) in [6.07, 6.45) is 6.91. The van der Waals surface area contributed by atoms with Crippen LogP contribution < -0.4 is 10.2 Å². The number of rotatable bonds is 6. The van der Waals surface area contributed by atoms with Crippen molar-refractivity contribution >= 4 is 29.0 Å². The van der Waals surface area contributed by atoms with Gasteiger partial charge < -0.3 is 10.2 Å². The number of aliphatic imine (C=N–C) groups is 1. The third-order valence-electron chi connectivity index (χ3n) is 7.79. The first kappa shape index (κ1) is 23.6. The summed E-state index contributed by atoms with van der Waals surface area (Å²) in [6, 6.07) is 23.9. The van der Waals surface area contributed by atoms with Gasteiger partial charge in [0.05, 0.1) is 17.1 Å². The number of nitrogens with one attached hydrogen (secondary N) is 1. The molecule has 6 heteroatoms. The van der Waals surface area contributed by atoms with Crippen molar-refractivity contribution in [3.05, 3.63) is 78.1 Å². The molecular formula is C30H35N5S. The Bertz CT molecular complexity index is 1230. The highest BCUT2D eigenvalue weighted by molar-refractivity contribution is 7.99. The monoisotopic (exact) mass is 497 g/mol. The van der Waals surface area contributed by atoms with Crippen LogP contribution in [0.1, 0.15) is 50.8 Å². The lowest BCUT2D eigenvalue weighted by Crippen LogP contribution is -2.49. The van der Waals surface area contributed by atoms with Gasteiger partial charge in [-0.15, -0.1) is 0 Å². The second-order valence-electron chi connectivity index (χ2n) is 9.98. The summed E-state index contributed by atoms with van der Waals surface area (Å²) < 4.78 is 0. The van der Waals surface area contributed by atoms with Crippen LogP contribution in [0.15, 0.2) is 81.6 Å². The number of amidine groups is 1. The fourth-order valence-corrected chi connectivity index (χ4v) is 7.41. The highest BCUT2D eigenvalue weighted by atomic mass is 32.2. The van der Waals surface area contributed by atoms with Crippen molar-refractivity contribution in [3.63, 3.8) is 0 Å². The van der Waals surface area contributed by atoms with E-state index < -0.39 is 0 Å². The lowest BCUT2D eigenvalue weighted by atomic mass is 9.94. The maximum absolute atomic E-state index is 4.73. The molecule has 6 rings (SSSR count). The van der Waals surface area contributed by atoms with Gasteiger partial charge in [0.1, 0.15) is 5.84 Å². The molecule has 2 aromatic carbocycles. The smallest absolute Gasteiger partial charge is 0.128 e. The standard InChI is InChI=1S/C30H35N5S/c1-3-31-30(32-4-2)21-12-15-27-29(17-21)36-28-11-6-5-10-26(28)35(27)25-18-23-13-14-24(19-25)34(23)20-22-9-7-8-16-33-22/h5-12,15-17,23-25H,3-4,13-14,18-20H2,1-2H3,(H,31,32). The average Bonchev–Trinajstić information content (AvgIpc) is 3.13. The fourth-order valence-electron chi connectivity index (χ4n) is 6.29. The van der Waals surface area contributed by atoms with E-state index in [9.17, 15) is 0 Å². The van der Waals surface area contributed by atoms with Crippen LogP contribution in [-0.2, 0) is 6.54 Å². The number of piperidine rings is 1. The van der Waals surface area contributed by atoms with E-state index in [4.69, 9.17) is 4.99 Å². The summed E-state index contributed by atoms with van der Waals surface area (Å²) in [5, 5.41) is 3.46. The van der Waals surface area contributed by atoms with Gasteiger partial charge in [-0.05, 0) is 82.0 Å². The maximum Gasteiger partial charge on any atom is 0.128 e. The molecule has 5 nitrogen and oxygen atoms in total. The van der Waals surface area contributed by atoms with Gasteiger partial charge in [-0.3, -0.25) is 14.9 Å². The Kier molecular flexibility index (Phi) is 6.72. The molecule has 36 heavy (non-hydrogen) atoms. The van der Waals surface area contributed by atoms with Crippen LogP contribution in [0.3, 0.4) is 0 Å². The van der Waals surface area contributed by atoms with Crippen molar-refractivity contribution in [2.45, 2.75) is 74.0 Å². The molecule has 3 aromatic rings. The van der Waals surface area contributed by atoms with E-state index in [2.05, 4.69) is 88.5 Å². The van der Waals surface area contributed by atoms with E-state index in [1.54, 1.807) is 0 Å². The van der Waals surface area contributed by atoms with Crippen molar-refractivity contribution in [1.82, 2.24) is 15.2 Å². The fraction of sp³-hybridized carbons (Fsp3) is 0.400. The number of nitrogens with zero attached hydrogens (tertiary/aromatic N) is 4. The van der Waals surface area contributed by atoms with Crippen molar-refractivity contribution in [2.24, 2.45) is 4.99 Å². The molecule has 0 spiro atoms. The van der Waals surface area contributed by atoms with Gasteiger partial charge in [-0.25, -0.2) is 0 Å². The van der Waals surface area contributed by atoms with Crippen molar-refractivity contribution in [3.8, 4) is 0 Å². The first-order valence-corrected chi connectivity index (χ1v) is 14.2. The number of fused-ring (bicyclic) bond motifs is 4. The topological polar surface area (TPSA) is 43.8 Å². The van der Waals surface area contributed by atoms with Crippen LogP contribution in [-0.4, -0.2) is 46.9 Å². The molecule has 0 saturated carbocycles. The van der Waals surface area contributed by atoms with Crippen LogP contribution in [0, 0.1) is 0 Å². The summed E-state index contributed by atoms with van der Waals surface area (Å²) in [5.74, 6) is 0.995. The normalized spacial score (nSPS) is 23.3. The zero-order valence-corrected chi connectivity index (χ0v) is 22.0. The molecular weight excluding hydrogens is 462 g/mol.